The molecule has 0 spiro atoms. The van der Waals surface area contributed by atoms with Crippen molar-refractivity contribution in [1.29, 1.82) is 0 Å². The second-order valence-corrected chi connectivity index (χ2v) is 6.64. The molecule has 2 aromatic carbocycles. The van der Waals surface area contributed by atoms with Gasteiger partial charge in [0.2, 0.25) is 5.91 Å². The molecule has 1 aliphatic rings. The van der Waals surface area contributed by atoms with Crippen LogP contribution in [0.25, 0.3) is 0 Å². The lowest BCUT2D eigenvalue weighted by molar-refractivity contribution is -0.119. The van der Waals surface area contributed by atoms with Crippen molar-refractivity contribution in [3.8, 4) is 23.3 Å². The second-order valence-electron chi connectivity index (χ2n) is 6.64. The number of hydrogen-bond acceptors (Lipinski definition) is 4. The third-order valence-corrected chi connectivity index (χ3v) is 4.69. The van der Waals surface area contributed by atoms with Crippen LogP contribution in [-0.4, -0.2) is 39.1 Å². The molecule has 0 radical (unpaired) electrons. The Bertz CT molecular complexity index is 919. The number of piperidine rings is 1. The molecule has 1 N–H and O–H groups in total. The van der Waals surface area contributed by atoms with Crippen LogP contribution in [0.5, 0.6) is 11.5 Å². The Hall–Kier alpha value is -3.46. The molecule has 0 unspecified atom stereocenters. The maximum Gasteiger partial charge on any atom is 0.252 e. The lowest BCUT2D eigenvalue weighted by atomic mass is 10.1. The summed E-state index contributed by atoms with van der Waals surface area (Å²) in [5, 5.41) is 2.76. The van der Waals surface area contributed by atoms with Gasteiger partial charge in [0.25, 0.3) is 5.91 Å². The summed E-state index contributed by atoms with van der Waals surface area (Å²) in [6.45, 7) is 0.982. The minimum atomic E-state index is -0.254. The number of nitrogens with zero attached hydrogens (tertiary/aromatic N) is 1. The van der Waals surface area contributed by atoms with Gasteiger partial charge in [-0.15, -0.1) is 0 Å². The SMILES string of the molecule is COc1cc(OC)cc(C(=O)NCC#Cc2ccc(N3CCCCC3=O)cc2)c1. The largest absolute Gasteiger partial charge is 0.497 e. The van der Waals surface area contributed by atoms with Crippen molar-refractivity contribution < 1.29 is 19.1 Å². The predicted octanol–water partition coefficient (Wildman–Crippen LogP) is 3.00. The zero-order chi connectivity index (χ0) is 20.6. The van der Waals surface area contributed by atoms with Crippen LogP contribution < -0.4 is 19.7 Å². The van der Waals surface area contributed by atoms with Crippen LogP contribution in [0, 0.1) is 11.8 Å². The van der Waals surface area contributed by atoms with Gasteiger partial charge in [-0.1, -0.05) is 11.8 Å². The van der Waals surface area contributed by atoms with Gasteiger partial charge in [0.1, 0.15) is 11.5 Å². The summed E-state index contributed by atoms with van der Waals surface area (Å²) in [5.41, 5.74) is 2.18. The number of rotatable bonds is 5. The number of anilines is 1. The summed E-state index contributed by atoms with van der Waals surface area (Å²) in [6.07, 6.45) is 2.61. The highest BCUT2D eigenvalue weighted by molar-refractivity contribution is 5.95. The van der Waals surface area contributed by atoms with Crippen molar-refractivity contribution in [3.05, 3.63) is 53.6 Å². The Morgan fingerprint density at radius 2 is 1.76 bits per heavy atom. The first-order chi connectivity index (χ1) is 14.1. The third-order valence-electron chi connectivity index (χ3n) is 4.69. The van der Waals surface area contributed by atoms with Gasteiger partial charge < -0.3 is 19.7 Å². The van der Waals surface area contributed by atoms with E-state index >= 15 is 0 Å². The van der Waals surface area contributed by atoms with Gasteiger partial charge in [0.15, 0.2) is 0 Å². The molecule has 0 aromatic heterocycles. The summed E-state index contributed by atoms with van der Waals surface area (Å²) in [5.74, 6) is 6.98. The lowest BCUT2D eigenvalue weighted by Gasteiger charge is -2.26. The van der Waals surface area contributed by atoms with Gasteiger partial charge in [-0.2, -0.15) is 0 Å². The molecule has 1 heterocycles. The fourth-order valence-electron chi connectivity index (χ4n) is 3.11. The molecule has 6 nitrogen and oxygen atoms in total. The van der Waals surface area contributed by atoms with Crippen molar-refractivity contribution in [2.45, 2.75) is 19.3 Å². The van der Waals surface area contributed by atoms with E-state index in [1.165, 1.54) is 14.2 Å². The average Bonchev–Trinajstić information content (AvgIpc) is 2.77. The Kier molecular flexibility index (Phi) is 6.75. The van der Waals surface area contributed by atoms with Crippen molar-refractivity contribution in [3.63, 3.8) is 0 Å². The Balaban J connectivity index is 1.57. The number of nitrogens with one attached hydrogen (secondary N) is 1. The maximum absolute atomic E-state index is 12.3. The van der Waals surface area contributed by atoms with Crippen molar-refractivity contribution in [2.75, 3.05) is 32.2 Å². The zero-order valence-electron chi connectivity index (χ0n) is 16.7. The van der Waals surface area contributed by atoms with Crippen LogP contribution in [0.15, 0.2) is 42.5 Å². The summed E-state index contributed by atoms with van der Waals surface area (Å²) in [6, 6.07) is 12.6. The van der Waals surface area contributed by atoms with Crippen LogP contribution in [-0.2, 0) is 4.79 Å². The molecular formula is C23H24N2O4. The zero-order valence-corrected chi connectivity index (χ0v) is 16.7. The number of ether oxygens (including phenoxy) is 2. The number of carbonyl (C=O) groups is 2. The molecule has 2 aromatic rings. The highest BCUT2D eigenvalue weighted by Gasteiger charge is 2.19. The molecule has 0 saturated carbocycles. The quantitative estimate of drug-likeness (QED) is 0.795. The molecule has 2 amide bonds. The minimum absolute atomic E-state index is 0.173. The van der Waals surface area contributed by atoms with Gasteiger partial charge in [-0.25, -0.2) is 0 Å². The Labute approximate surface area is 170 Å². The van der Waals surface area contributed by atoms with E-state index in [0.29, 0.717) is 23.5 Å². The van der Waals surface area contributed by atoms with Crippen molar-refractivity contribution >= 4 is 17.5 Å². The van der Waals surface area contributed by atoms with Gasteiger partial charge in [0.05, 0.1) is 20.8 Å². The highest BCUT2D eigenvalue weighted by Crippen LogP contribution is 2.22. The van der Waals surface area contributed by atoms with E-state index < -0.39 is 0 Å². The fourth-order valence-corrected chi connectivity index (χ4v) is 3.11. The normalized spacial score (nSPS) is 13.3. The molecule has 0 aliphatic carbocycles. The van der Waals surface area contributed by atoms with E-state index in [0.717, 1.165) is 30.6 Å². The molecule has 0 bridgehead atoms. The first-order valence-electron chi connectivity index (χ1n) is 9.51. The number of methoxy groups -OCH3 is 2. The van der Waals surface area contributed by atoms with E-state index in [1.807, 2.05) is 29.2 Å². The van der Waals surface area contributed by atoms with Crippen LogP contribution in [0.3, 0.4) is 0 Å². The molecule has 6 heteroatoms. The van der Waals surface area contributed by atoms with E-state index in [4.69, 9.17) is 9.47 Å². The smallest absolute Gasteiger partial charge is 0.252 e. The summed E-state index contributed by atoms with van der Waals surface area (Å²) >= 11 is 0. The van der Waals surface area contributed by atoms with E-state index in [1.54, 1.807) is 18.2 Å². The predicted molar refractivity (Wildman–Crippen MR) is 111 cm³/mol. The number of carbonyl (C=O) groups excluding carboxylic acids is 2. The highest BCUT2D eigenvalue weighted by atomic mass is 16.5. The minimum Gasteiger partial charge on any atom is -0.497 e. The number of amides is 2. The van der Waals surface area contributed by atoms with Gasteiger partial charge in [0, 0.05) is 35.8 Å². The number of hydrogen-bond donors (Lipinski definition) is 1. The van der Waals surface area contributed by atoms with Crippen LogP contribution in [0.1, 0.15) is 35.2 Å². The topological polar surface area (TPSA) is 67.9 Å². The lowest BCUT2D eigenvalue weighted by Crippen LogP contribution is -2.35. The standard InChI is InChI=1S/C23H24N2O4/c1-28-20-14-18(15-21(16-20)29-2)23(27)24-12-5-6-17-8-10-19(11-9-17)25-13-4-3-7-22(25)26/h8-11,14-16H,3-4,7,12-13H2,1-2H3,(H,24,27). The Morgan fingerprint density at radius 1 is 1.07 bits per heavy atom. The number of benzene rings is 2. The molecular weight excluding hydrogens is 368 g/mol. The average molecular weight is 392 g/mol. The van der Waals surface area contributed by atoms with Crippen LogP contribution in [0.4, 0.5) is 5.69 Å². The van der Waals surface area contributed by atoms with Gasteiger partial charge in [-0.3, -0.25) is 9.59 Å². The van der Waals surface area contributed by atoms with Crippen molar-refractivity contribution in [1.82, 2.24) is 5.32 Å². The van der Waals surface area contributed by atoms with Crippen LogP contribution in [0.2, 0.25) is 0 Å². The third kappa shape index (κ3) is 5.29. The molecule has 29 heavy (non-hydrogen) atoms. The van der Waals surface area contributed by atoms with E-state index in [9.17, 15) is 9.59 Å². The van der Waals surface area contributed by atoms with E-state index in [-0.39, 0.29) is 18.4 Å². The second kappa shape index (κ2) is 9.65. The monoisotopic (exact) mass is 392 g/mol. The first-order valence-corrected chi connectivity index (χ1v) is 9.51. The summed E-state index contributed by atoms with van der Waals surface area (Å²) in [7, 11) is 3.07. The molecule has 1 aliphatic heterocycles. The van der Waals surface area contributed by atoms with E-state index in [2.05, 4.69) is 17.2 Å². The molecule has 3 rings (SSSR count). The van der Waals surface area contributed by atoms with Gasteiger partial charge >= 0.3 is 0 Å². The molecule has 1 fully saturated rings. The summed E-state index contributed by atoms with van der Waals surface area (Å²) in [4.78, 5) is 26.1. The molecule has 150 valence electrons. The van der Waals surface area contributed by atoms with Crippen molar-refractivity contribution in [2.24, 2.45) is 0 Å². The van der Waals surface area contributed by atoms with Gasteiger partial charge in [-0.05, 0) is 49.2 Å². The Morgan fingerprint density at radius 3 is 2.38 bits per heavy atom. The fraction of sp³-hybridized carbons (Fsp3) is 0.304. The maximum atomic E-state index is 12.3. The molecule has 1 saturated heterocycles. The molecule has 0 atom stereocenters. The summed E-state index contributed by atoms with van der Waals surface area (Å²) < 4.78 is 10.4. The van der Waals surface area contributed by atoms with Crippen LogP contribution >= 0.6 is 0 Å². The first kappa shape index (κ1) is 20.3.